The van der Waals surface area contributed by atoms with Gasteiger partial charge in [-0.15, -0.1) is 0 Å². The van der Waals surface area contributed by atoms with E-state index in [0.29, 0.717) is 10.6 Å². The number of hydrogen-bond donors (Lipinski definition) is 2. The zero-order valence-corrected chi connectivity index (χ0v) is 13.2. The molecule has 2 rings (SSSR count). The third-order valence-electron chi connectivity index (χ3n) is 3.12. The van der Waals surface area contributed by atoms with Gasteiger partial charge in [0.15, 0.2) is 0 Å². The molecule has 2 aromatic carbocycles. The summed E-state index contributed by atoms with van der Waals surface area (Å²) in [6.07, 6.45) is 0. The average molecular weight is 359 g/mol. The van der Waals surface area contributed by atoms with Crippen LogP contribution in [-0.2, 0) is 5.54 Å². The van der Waals surface area contributed by atoms with Gasteiger partial charge in [0.25, 0.3) is 0 Å². The lowest BCUT2D eigenvalue weighted by molar-refractivity contribution is 0.220. The minimum absolute atomic E-state index is 0.242. The number of nitrogens with one attached hydrogen (secondary N) is 1. The molecule has 0 bridgehead atoms. The third kappa shape index (κ3) is 3.14. The van der Waals surface area contributed by atoms with Gasteiger partial charge in [-0.05, 0) is 47.1 Å². The van der Waals surface area contributed by atoms with Crippen molar-refractivity contribution in [2.75, 3.05) is 11.9 Å². The van der Waals surface area contributed by atoms with Crippen molar-refractivity contribution in [3.63, 3.8) is 0 Å². The number of hydrogen-bond acceptors (Lipinski definition) is 2. The lowest BCUT2D eigenvalue weighted by atomic mass is 9.92. The van der Waals surface area contributed by atoms with Crippen LogP contribution in [-0.4, -0.2) is 11.7 Å². The van der Waals surface area contributed by atoms with Gasteiger partial charge in [-0.2, -0.15) is 0 Å². The molecule has 106 valence electrons. The summed E-state index contributed by atoms with van der Waals surface area (Å²) in [4.78, 5) is 0. The second-order valence-electron chi connectivity index (χ2n) is 4.72. The highest BCUT2D eigenvalue weighted by Gasteiger charge is 2.28. The summed E-state index contributed by atoms with van der Waals surface area (Å²) in [5.41, 5.74) is 0.230. The first-order valence-electron chi connectivity index (χ1n) is 6.05. The molecule has 0 aliphatic rings. The Hall–Kier alpha value is -1.10. The molecule has 1 unspecified atom stereocenters. The number of halogens is 3. The fourth-order valence-corrected chi connectivity index (χ4v) is 2.49. The van der Waals surface area contributed by atoms with Crippen LogP contribution < -0.4 is 5.32 Å². The Labute approximate surface area is 130 Å². The largest absolute Gasteiger partial charge is 0.394 e. The van der Waals surface area contributed by atoms with Crippen molar-refractivity contribution in [3.8, 4) is 0 Å². The Morgan fingerprint density at radius 3 is 2.60 bits per heavy atom. The molecule has 2 N–H and O–H groups in total. The highest BCUT2D eigenvalue weighted by molar-refractivity contribution is 9.10. The summed E-state index contributed by atoms with van der Waals surface area (Å²) in [6, 6.07) is 11.7. The van der Waals surface area contributed by atoms with Crippen molar-refractivity contribution in [2.45, 2.75) is 12.5 Å². The molecule has 0 saturated carbocycles. The van der Waals surface area contributed by atoms with E-state index in [2.05, 4.69) is 21.2 Å². The predicted molar refractivity (Wildman–Crippen MR) is 83.6 cm³/mol. The molecule has 0 amide bonds. The lowest BCUT2D eigenvalue weighted by Crippen LogP contribution is -2.36. The number of aliphatic hydroxyl groups excluding tert-OH is 1. The fourth-order valence-electron chi connectivity index (χ4n) is 1.99. The first-order chi connectivity index (χ1) is 9.46. The van der Waals surface area contributed by atoms with Crippen LogP contribution in [0.5, 0.6) is 0 Å². The van der Waals surface area contributed by atoms with Gasteiger partial charge in [0.1, 0.15) is 5.82 Å². The molecule has 1 atom stereocenters. The van der Waals surface area contributed by atoms with Gasteiger partial charge in [-0.3, -0.25) is 0 Å². The monoisotopic (exact) mass is 357 g/mol. The van der Waals surface area contributed by atoms with Crippen LogP contribution in [0, 0.1) is 5.82 Å². The van der Waals surface area contributed by atoms with E-state index >= 15 is 0 Å². The van der Waals surface area contributed by atoms with Crippen LogP contribution in [0.3, 0.4) is 0 Å². The zero-order chi connectivity index (χ0) is 14.8. The van der Waals surface area contributed by atoms with Gasteiger partial charge in [0.2, 0.25) is 0 Å². The minimum Gasteiger partial charge on any atom is -0.394 e. The average Bonchev–Trinajstić information content (AvgIpc) is 2.43. The number of benzene rings is 2. The van der Waals surface area contributed by atoms with Crippen LogP contribution in [0.2, 0.25) is 5.02 Å². The molecule has 2 nitrogen and oxygen atoms in total. The molecule has 20 heavy (non-hydrogen) atoms. The number of aliphatic hydroxyl groups is 1. The Bertz CT molecular complexity index is 623. The van der Waals surface area contributed by atoms with E-state index in [-0.39, 0.29) is 12.4 Å². The van der Waals surface area contributed by atoms with E-state index in [1.807, 2.05) is 0 Å². The minimum atomic E-state index is -0.918. The quantitative estimate of drug-likeness (QED) is 0.839. The summed E-state index contributed by atoms with van der Waals surface area (Å²) in [6.45, 7) is 1.50. The van der Waals surface area contributed by atoms with E-state index in [9.17, 15) is 9.50 Å². The molecule has 2 aromatic rings. The molecule has 0 spiro atoms. The summed E-state index contributed by atoms with van der Waals surface area (Å²) >= 11 is 9.28. The predicted octanol–water partition coefficient (Wildman–Crippen LogP) is 4.56. The SMILES string of the molecule is CC(CO)(Nc1ccc(Cl)c(Br)c1)c1ccccc1F. The van der Waals surface area contributed by atoms with E-state index in [0.717, 1.165) is 10.2 Å². The summed E-state index contributed by atoms with van der Waals surface area (Å²) in [7, 11) is 0. The second-order valence-corrected chi connectivity index (χ2v) is 5.99. The molecule has 0 aliphatic heterocycles. The highest BCUT2D eigenvalue weighted by Crippen LogP contribution is 2.31. The molecule has 0 fully saturated rings. The Kier molecular flexibility index (Phi) is 4.68. The van der Waals surface area contributed by atoms with Crippen LogP contribution in [0.15, 0.2) is 46.9 Å². The van der Waals surface area contributed by atoms with Crippen LogP contribution in [0.1, 0.15) is 12.5 Å². The molecule has 0 heterocycles. The zero-order valence-electron chi connectivity index (χ0n) is 10.8. The maximum absolute atomic E-state index is 13.9. The molecule has 5 heteroatoms. The van der Waals surface area contributed by atoms with E-state index in [1.54, 1.807) is 43.3 Å². The maximum Gasteiger partial charge on any atom is 0.128 e. The van der Waals surface area contributed by atoms with Crippen LogP contribution in [0.4, 0.5) is 10.1 Å². The first kappa shape index (κ1) is 15.3. The molecular formula is C15H14BrClFNO. The third-order valence-corrected chi connectivity index (χ3v) is 4.34. The van der Waals surface area contributed by atoms with Crippen molar-refractivity contribution in [3.05, 3.63) is 63.3 Å². The van der Waals surface area contributed by atoms with Crippen molar-refractivity contribution >= 4 is 33.2 Å². The summed E-state index contributed by atoms with van der Waals surface area (Å²) in [5, 5.41) is 13.4. The normalized spacial score (nSPS) is 13.8. The van der Waals surface area contributed by atoms with Crippen molar-refractivity contribution in [1.82, 2.24) is 0 Å². The molecular weight excluding hydrogens is 345 g/mol. The number of rotatable bonds is 4. The van der Waals surface area contributed by atoms with E-state index in [1.165, 1.54) is 6.07 Å². The maximum atomic E-state index is 13.9. The Morgan fingerprint density at radius 2 is 2.00 bits per heavy atom. The Morgan fingerprint density at radius 1 is 1.30 bits per heavy atom. The van der Waals surface area contributed by atoms with Gasteiger partial charge in [0, 0.05) is 15.7 Å². The topological polar surface area (TPSA) is 32.3 Å². The van der Waals surface area contributed by atoms with Crippen molar-refractivity contribution < 1.29 is 9.50 Å². The van der Waals surface area contributed by atoms with Crippen molar-refractivity contribution in [2.24, 2.45) is 0 Å². The van der Waals surface area contributed by atoms with Crippen molar-refractivity contribution in [1.29, 1.82) is 0 Å². The molecule has 0 aliphatic carbocycles. The van der Waals surface area contributed by atoms with Crippen LogP contribution in [0.25, 0.3) is 0 Å². The lowest BCUT2D eigenvalue weighted by Gasteiger charge is -2.31. The standard InChI is InChI=1S/C15H14BrClFNO/c1-15(9-20,11-4-2-3-5-14(11)18)19-10-6-7-13(17)12(16)8-10/h2-8,19-20H,9H2,1H3. The van der Waals surface area contributed by atoms with Gasteiger partial charge in [-0.1, -0.05) is 29.8 Å². The second kappa shape index (κ2) is 6.12. The fraction of sp³-hybridized carbons (Fsp3) is 0.200. The summed E-state index contributed by atoms with van der Waals surface area (Å²) in [5.74, 6) is -0.357. The number of anilines is 1. The molecule has 0 aromatic heterocycles. The van der Waals surface area contributed by atoms with Gasteiger partial charge < -0.3 is 10.4 Å². The van der Waals surface area contributed by atoms with Gasteiger partial charge in [-0.25, -0.2) is 4.39 Å². The molecule has 0 saturated heterocycles. The Balaban J connectivity index is 2.36. The smallest absolute Gasteiger partial charge is 0.128 e. The highest BCUT2D eigenvalue weighted by atomic mass is 79.9. The van der Waals surface area contributed by atoms with E-state index in [4.69, 9.17) is 11.6 Å². The molecule has 0 radical (unpaired) electrons. The van der Waals surface area contributed by atoms with Gasteiger partial charge in [0.05, 0.1) is 17.2 Å². The van der Waals surface area contributed by atoms with Crippen LogP contribution >= 0.6 is 27.5 Å². The van der Waals surface area contributed by atoms with E-state index < -0.39 is 5.54 Å². The summed E-state index contributed by atoms with van der Waals surface area (Å²) < 4.78 is 14.7. The first-order valence-corrected chi connectivity index (χ1v) is 7.22. The van der Waals surface area contributed by atoms with Gasteiger partial charge >= 0.3 is 0 Å².